The van der Waals surface area contributed by atoms with E-state index in [2.05, 4.69) is 10.6 Å². The van der Waals surface area contributed by atoms with Crippen LogP contribution in [0.25, 0.3) is 0 Å². The Kier molecular flexibility index (Phi) is 106. The second kappa shape index (κ2) is 67.6. The molecule has 0 bridgehead atoms. The molecule has 0 aliphatic carbocycles. The van der Waals surface area contributed by atoms with E-state index in [1.807, 2.05) is 36.4 Å². The van der Waals surface area contributed by atoms with Crippen molar-refractivity contribution in [3.63, 3.8) is 0 Å². The van der Waals surface area contributed by atoms with E-state index in [0.717, 1.165) is 9.79 Å². The standard InChI is InChI=1S/C16H16N2O2S2.7BH3O3.BHO3.2Na.4H2O/c1-17-15(19)11-7-3-5-9-13(11)21-22-14-10-6-4-8-12(14)16(20)18-2;8*2-1(3)4;;;;;;/h3-10H,1-2H3,(H,17,19)(H,18,20);7*2-4H;2H;;;4*1H2/q;;;;;;;;-2;2*+1;;;;. The monoisotopic (exact) mass is 944 g/mol. The van der Waals surface area contributed by atoms with Crippen LogP contribution in [0.2, 0.25) is 0 Å². The third kappa shape index (κ3) is 124. The SMILES string of the molecule is CNC(=O)c1ccccc1SSc1ccccc1C(=O)NC.O.O.O.O.OB(O)O.OB(O)O.OB(O)O.OB(O)O.OB(O)O.OB(O)O.OB(O)O.[Na+].[Na+].[O-]B([O-])O. The third-order valence-corrected chi connectivity index (χ3v) is 5.42. The molecule has 0 saturated heterocycles. The van der Waals surface area contributed by atoms with Gasteiger partial charge >= 0.3 is 110 Å². The number of hydrogen-bond acceptors (Lipinski definition) is 28. The first-order valence-electron chi connectivity index (χ1n) is 12.8. The molecule has 0 aliphatic heterocycles. The van der Waals surface area contributed by atoms with E-state index in [0.29, 0.717) is 11.1 Å². The number of carbonyl (C=O) groups is 2. The average molecular weight is 943 g/mol. The molecule has 0 spiro atoms. The first-order chi connectivity index (χ1) is 24.5. The molecule has 2 rings (SSSR count). The van der Waals surface area contributed by atoms with Crippen LogP contribution in [0, 0.1) is 0 Å². The van der Waals surface area contributed by atoms with E-state index in [1.165, 1.54) is 21.6 Å². The fourth-order valence-corrected chi connectivity index (χ4v) is 4.17. The maximum atomic E-state index is 11.9. The molecule has 0 fully saturated rings. The van der Waals surface area contributed by atoms with Gasteiger partial charge < -0.3 is 153 Å². The Labute approximate surface area is 394 Å². The largest absolute Gasteiger partial charge is 1.00 e. The van der Waals surface area contributed by atoms with Crippen LogP contribution in [0.4, 0.5) is 0 Å². The van der Waals surface area contributed by atoms with Crippen LogP contribution in [0.5, 0.6) is 0 Å². The number of nitrogens with one attached hydrogen (secondary N) is 2. The van der Waals surface area contributed by atoms with Gasteiger partial charge in [-0.1, -0.05) is 45.9 Å². The summed E-state index contributed by atoms with van der Waals surface area (Å²) in [6, 6.07) is 14.8. The Morgan fingerprint density at radius 3 is 0.683 bits per heavy atom. The minimum Gasteiger partial charge on any atom is -0.871 e. The van der Waals surface area contributed by atoms with Crippen molar-refractivity contribution in [3.05, 3.63) is 59.7 Å². The summed E-state index contributed by atoms with van der Waals surface area (Å²) in [7, 11) is -11.7. The molecule has 0 saturated carbocycles. The number of benzene rings is 2. The maximum Gasteiger partial charge on any atom is 1.00 e. The van der Waals surface area contributed by atoms with Crippen molar-refractivity contribution in [1.29, 1.82) is 0 Å². The molecule has 0 aromatic heterocycles. The fraction of sp³-hybridized carbons (Fsp3) is 0.125. The average Bonchev–Trinajstić information content (AvgIpc) is 2.97. The quantitative estimate of drug-likeness (QED) is 0.0977. The van der Waals surface area contributed by atoms with Gasteiger partial charge in [0, 0.05) is 23.9 Å². The summed E-state index contributed by atoms with van der Waals surface area (Å²) in [5, 5.41) is 180. The van der Waals surface area contributed by atoms with Crippen LogP contribution in [-0.2, 0) is 0 Å². The predicted molar refractivity (Wildman–Crippen MR) is 201 cm³/mol. The smallest absolute Gasteiger partial charge is 0.871 e. The summed E-state index contributed by atoms with van der Waals surface area (Å²) in [5.74, 6) is -0.244. The second-order valence-corrected chi connectivity index (χ2v) is 9.26. The first-order valence-corrected chi connectivity index (χ1v) is 14.9. The van der Waals surface area contributed by atoms with Crippen LogP contribution in [0.15, 0.2) is 58.3 Å². The topological polar surface area (TPSA) is 675 Å². The first kappa shape index (κ1) is 94.2. The molecular weight excluding hydrogens is 897 g/mol. The van der Waals surface area contributed by atoms with Crippen LogP contribution < -0.4 is 79.8 Å². The third-order valence-electron chi connectivity index (χ3n) is 2.94. The van der Waals surface area contributed by atoms with E-state index in [1.54, 1.807) is 26.2 Å². The van der Waals surface area contributed by atoms with Crippen molar-refractivity contribution in [2.45, 2.75) is 9.79 Å². The van der Waals surface area contributed by atoms with Gasteiger partial charge in [-0.2, -0.15) is 0 Å². The summed E-state index contributed by atoms with van der Waals surface area (Å²) in [5.41, 5.74) is 1.25. The van der Waals surface area contributed by atoms with Crippen LogP contribution >= 0.6 is 21.6 Å². The molecule has 0 atom stereocenters. The summed E-state index contributed by atoms with van der Waals surface area (Å²) >= 11 is 0. The number of amides is 2. The van der Waals surface area contributed by atoms with Crippen LogP contribution in [0.1, 0.15) is 20.7 Å². The van der Waals surface area contributed by atoms with Crippen LogP contribution in [-0.4, -0.2) is 217 Å². The van der Waals surface area contributed by atoms with E-state index in [9.17, 15) is 9.59 Å². The molecule has 0 unspecified atom stereocenters. The predicted octanol–water partition coefficient (Wildman–Crippen LogP) is -23.8. The van der Waals surface area contributed by atoms with Gasteiger partial charge in [-0.25, -0.2) is 0 Å². The molecule has 0 heterocycles. The van der Waals surface area contributed by atoms with Gasteiger partial charge in [0.2, 0.25) is 0 Å². The zero-order valence-corrected chi connectivity index (χ0v) is 37.2. The van der Waals surface area contributed by atoms with Gasteiger partial charge in [0.25, 0.3) is 11.8 Å². The normalized spacial score (nSPS) is 7.30. The Bertz CT molecular complexity index is 970. The van der Waals surface area contributed by atoms with Crippen molar-refractivity contribution in [3.8, 4) is 0 Å². The van der Waals surface area contributed by atoms with E-state index in [-0.39, 0.29) is 92.8 Å². The van der Waals surface area contributed by atoms with Gasteiger partial charge in [0.1, 0.15) is 0 Å². The molecule has 2 amide bonds. The van der Waals surface area contributed by atoms with Crippen molar-refractivity contribution in [1.82, 2.24) is 10.6 Å². The molecule has 32 N–H and O–H groups in total. The summed E-state index contributed by atoms with van der Waals surface area (Å²) in [4.78, 5) is 25.5. The molecule has 60 heavy (non-hydrogen) atoms. The molecule has 2 aromatic carbocycles. The van der Waals surface area contributed by atoms with Gasteiger partial charge in [-0.05, 0) is 24.3 Å². The van der Waals surface area contributed by atoms with Crippen molar-refractivity contribution < 1.29 is 211 Å². The summed E-state index contributed by atoms with van der Waals surface area (Å²) in [6.07, 6.45) is 0. The van der Waals surface area contributed by atoms with Gasteiger partial charge in [-0.3, -0.25) is 9.59 Å². The van der Waals surface area contributed by atoms with Crippen molar-refractivity contribution in [2.24, 2.45) is 0 Å². The summed E-state index contributed by atoms with van der Waals surface area (Å²) < 4.78 is 0. The number of hydrogen-bond donors (Lipinski definition) is 24. The molecule has 0 radical (unpaired) electrons. The Hall–Kier alpha value is -0.521. The molecule has 338 valence electrons. The number of carbonyl (C=O) groups excluding carboxylic acids is 2. The van der Waals surface area contributed by atoms with E-state index < -0.39 is 58.6 Å². The fourth-order valence-electron chi connectivity index (χ4n) is 1.81. The zero-order chi connectivity index (χ0) is 44.6. The summed E-state index contributed by atoms with van der Waals surface area (Å²) in [6.45, 7) is 0. The minimum absolute atomic E-state index is 0. The Morgan fingerprint density at radius 2 is 0.550 bits per heavy atom. The van der Waals surface area contributed by atoms with E-state index >= 15 is 0 Å². The molecule has 0 aliphatic rings. The molecular formula is C16H46B8N2Na2O30S2. The molecule has 2 aromatic rings. The van der Waals surface area contributed by atoms with Gasteiger partial charge in [0.05, 0.1) is 18.4 Å². The van der Waals surface area contributed by atoms with Crippen molar-refractivity contribution >= 4 is 92.0 Å². The Morgan fingerprint density at radius 1 is 0.417 bits per heavy atom. The molecule has 44 heteroatoms. The molecule has 32 nitrogen and oxygen atoms in total. The van der Waals surface area contributed by atoms with Crippen molar-refractivity contribution in [2.75, 3.05) is 14.1 Å². The van der Waals surface area contributed by atoms with Crippen LogP contribution in [0.3, 0.4) is 0 Å². The van der Waals surface area contributed by atoms with Gasteiger partial charge in [-0.15, -0.1) is 0 Å². The second-order valence-electron chi connectivity index (χ2n) is 7.05. The zero-order valence-electron chi connectivity index (χ0n) is 31.5. The maximum absolute atomic E-state index is 11.9. The number of rotatable bonds is 5. The minimum atomic E-state index is -2.67. The van der Waals surface area contributed by atoms with E-state index in [4.69, 9.17) is 121 Å². The Balaban J connectivity index is -0.0000000442. The van der Waals surface area contributed by atoms with Gasteiger partial charge in [0.15, 0.2) is 0 Å².